The van der Waals surface area contributed by atoms with E-state index in [1.54, 1.807) is 24.3 Å². The van der Waals surface area contributed by atoms with E-state index in [0.29, 0.717) is 18.0 Å². The van der Waals surface area contributed by atoms with Gasteiger partial charge >= 0.3 is 5.97 Å². The minimum Gasteiger partial charge on any atom is -0.481 e. The monoisotopic (exact) mass is 326 g/mol. The van der Waals surface area contributed by atoms with Gasteiger partial charge in [0, 0.05) is 24.9 Å². The van der Waals surface area contributed by atoms with Gasteiger partial charge in [-0.1, -0.05) is 23.7 Å². The van der Waals surface area contributed by atoms with E-state index in [2.05, 4.69) is 10.6 Å². The van der Waals surface area contributed by atoms with Gasteiger partial charge in [0.25, 0.3) is 0 Å². The minimum absolute atomic E-state index is 0.00654. The Labute approximate surface area is 133 Å². The van der Waals surface area contributed by atoms with E-state index in [9.17, 15) is 14.4 Å². The van der Waals surface area contributed by atoms with Crippen molar-refractivity contribution in [1.82, 2.24) is 10.6 Å². The van der Waals surface area contributed by atoms with E-state index >= 15 is 0 Å². The van der Waals surface area contributed by atoms with Crippen molar-refractivity contribution in [2.24, 2.45) is 0 Å². The number of aliphatic carboxylic acids is 1. The molecule has 0 aromatic heterocycles. The van der Waals surface area contributed by atoms with Crippen molar-refractivity contribution in [1.29, 1.82) is 0 Å². The van der Waals surface area contributed by atoms with Gasteiger partial charge < -0.3 is 15.7 Å². The fourth-order valence-electron chi connectivity index (χ4n) is 1.92. The van der Waals surface area contributed by atoms with Crippen LogP contribution >= 0.6 is 11.6 Å². The van der Waals surface area contributed by atoms with Gasteiger partial charge in [-0.25, -0.2) is 0 Å². The highest BCUT2D eigenvalue weighted by molar-refractivity contribution is 6.30. The van der Waals surface area contributed by atoms with Crippen molar-refractivity contribution in [3.8, 4) is 0 Å². The summed E-state index contributed by atoms with van der Waals surface area (Å²) >= 11 is 5.82. The first-order valence-electron chi connectivity index (χ1n) is 6.89. The molecule has 1 aromatic rings. The van der Waals surface area contributed by atoms with Gasteiger partial charge in [0.15, 0.2) is 0 Å². The summed E-state index contributed by atoms with van der Waals surface area (Å²) in [7, 11) is 0. The van der Waals surface area contributed by atoms with Crippen molar-refractivity contribution in [2.45, 2.75) is 32.2 Å². The number of nitrogens with one attached hydrogen (secondary N) is 2. The summed E-state index contributed by atoms with van der Waals surface area (Å²) in [4.78, 5) is 33.5. The first-order valence-corrected chi connectivity index (χ1v) is 7.27. The van der Waals surface area contributed by atoms with Gasteiger partial charge in [-0.15, -0.1) is 0 Å². The second-order valence-electron chi connectivity index (χ2n) is 4.86. The minimum atomic E-state index is -0.897. The van der Waals surface area contributed by atoms with E-state index in [1.165, 1.54) is 6.92 Å². The molecule has 0 fully saturated rings. The Bertz CT molecular complexity index is 531. The smallest absolute Gasteiger partial charge is 0.303 e. The fourth-order valence-corrected chi connectivity index (χ4v) is 2.04. The lowest BCUT2D eigenvalue weighted by molar-refractivity contribution is -0.137. The summed E-state index contributed by atoms with van der Waals surface area (Å²) in [5, 5.41) is 14.5. The molecule has 0 saturated carbocycles. The molecule has 0 aliphatic heterocycles. The van der Waals surface area contributed by atoms with E-state index in [1.807, 2.05) is 0 Å². The van der Waals surface area contributed by atoms with Crippen LogP contribution in [0.1, 0.15) is 37.8 Å². The third-order valence-electron chi connectivity index (χ3n) is 2.93. The van der Waals surface area contributed by atoms with Gasteiger partial charge in [-0.2, -0.15) is 0 Å². The molecule has 1 unspecified atom stereocenters. The van der Waals surface area contributed by atoms with Crippen LogP contribution in [-0.4, -0.2) is 29.4 Å². The largest absolute Gasteiger partial charge is 0.481 e. The third-order valence-corrected chi connectivity index (χ3v) is 3.18. The van der Waals surface area contributed by atoms with Gasteiger partial charge in [0.1, 0.15) is 0 Å². The third kappa shape index (κ3) is 7.08. The molecule has 22 heavy (non-hydrogen) atoms. The van der Waals surface area contributed by atoms with Crippen LogP contribution in [0.5, 0.6) is 0 Å². The van der Waals surface area contributed by atoms with Gasteiger partial charge in [-0.05, 0) is 24.1 Å². The maximum atomic E-state index is 11.9. The lowest BCUT2D eigenvalue weighted by Crippen LogP contribution is -2.33. The zero-order valence-electron chi connectivity index (χ0n) is 12.3. The van der Waals surface area contributed by atoms with Crippen molar-refractivity contribution in [2.75, 3.05) is 6.54 Å². The topological polar surface area (TPSA) is 95.5 Å². The maximum Gasteiger partial charge on any atom is 0.303 e. The molecular formula is C15H19ClN2O4. The van der Waals surface area contributed by atoms with Crippen molar-refractivity contribution in [3.63, 3.8) is 0 Å². The molecule has 0 bridgehead atoms. The van der Waals surface area contributed by atoms with Crippen molar-refractivity contribution >= 4 is 29.4 Å². The normalized spacial score (nSPS) is 11.5. The fraction of sp³-hybridized carbons (Fsp3) is 0.400. The Morgan fingerprint density at radius 1 is 1.23 bits per heavy atom. The number of carboxylic acid groups (broad SMARTS) is 1. The predicted octanol–water partition coefficient (Wildman–Crippen LogP) is 1.89. The molecule has 1 atom stereocenters. The second-order valence-corrected chi connectivity index (χ2v) is 5.29. The molecule has 7 heteroatoms. The SMILES string of the molecule is CC(=O)NC(CC(=O)NCCCC(=O)O)c1ccc(Cl)cc1. The van der Waals surface area contributed by atoms with E-state index in [4.69, 9.17) is 16.7 Å². The summed E-state index contributed by atoms with van der Waals surface area (Å²) in [5.41, 5.74) is 0.778. The molecule has 120 valence electrons. The molecule has 3 N–H and O–H groups in total. The molecule has 0 aliphatic rings. The van der Waals surface area contributed by atoms with Crippen LogP contribution in [0.15, 0.2) is 24.3 Å². The number of halogens is 1. The zero-order valence-corrected chi connectivity index (χ0v) is 13.0. The van der Waals surface area contributed by atoms with Crippen LogP contribution in [0, 0.1) is 0 Å². The molecule has 0 aliphatic carbocycles. The van der Waals surface area contributed by atoms with E-state index in [0.717, 1.165) is 5.56 Å². The number of amides is 2. The Hall–Kier alpha value is -2.08. The van der Waals surface area contributed by atoms with Crippen molar-refractivity contribution in [3.05, 3.63) is 34.9 Å². The average Bonchev–Trinajstić information content (AvgIpc) is 2.43. The lowest BCUT2D eigenvalue weighted by Gasteiger charge is -2.18. The molecule has 1 rings (SSSR count). The van der Waals surface area contributed by atoms with Crippen LogP contribution in [0.3, 0.4) is 0 Å². The summed E-state index contributed by atoms with van der Waals surface area (Å²) < 4.78 is 0. The highest BCUT2D eigenvalue weighted by atomic mass is 35.5. The second kappa shape index (κ2) is 9.04. The number of carbonyl (C=O) groups excluding carboxylic acids is 2. The summed E-state index contributed by atoms with van der Waals surface area (Å²) in [6, 6.07) is 6.43. The Kier molecular flexibility index (Phi) is 7.39. The maximum absolute atomic E-state index is 11.9. The van der Waals surface area contributed by atoms with Crippen LogP contribution in [0.4, 0.5) is 0 Å². The van der Waals surface area contributed by atoms with E-state index < -0.39 is 12.0 Å². The number of carboxylic acids is 1. The summed E-state index contributed by atoms with van der Waals surface area (Å²) in [6.45, 7) is 1.67. The Balaban J connectivity index is 2.57. The molecule has 0 radical (unpaired) electrons. The van der Waals surface area contributed by atoms with Gasteiger partial charge in [0.2, 0.25) is 11.8 Å². The lowest BCUT2D eigenvalue weighted by atomic mass is 10.0. The van der Waals surface area contributed by atoms with E-state index in [-0.39, 0.29) is 24.7 Å². The molecule has 1 aromatic carbocycles. The van der Waals surface area contributed by atoms with Crippen LogP contribution in [0.25, 0.3) is 0 Å². The molecule has 6 nitrogen and oxygen atoms in total. The Morgan fingerprint density at radius 2 is 1.86 bits per heavy atom. The summed E-state index contributed by atoms with van der Waals surface area (Å²) in [5.74, 6) is -1.38. The van der Waals surface area contributed by atoms with Crippen molar-refractivity contribution < 1.29 is 19.5 Å². The first-order chi connectivity index (χ1) is 10.4. The standard InChI is InChI=1S/C15H19ClN2O4/c1-10(19)18-13(11-4-6-12(16)7-5-11)9-14(20)17-8-2-3-15(21)22/h4-7,13H,2-3,8-9H2,1H3,(H,17,20)(H,18,19)(H,21,22). The highest BCUT2D eigenvalue weighted by Crippen LogP contribution is 2.19. The molecular weight excluding hydrogens is 308 g/mol. The number of hydrogen-bond donors (Lipinski definition) is 3. The number of rotatable bonds is 8. The highest BCUT2D eigenvalue weighted by Gasteiger charge is 2.17. The number of carbonyl (C=O) groups is 3. The Morgan fingerprint density at radius 3 is 2.41 bits per heavy atom. The molecule has 2 amide bonds. The molecule has 0 heterocycles. The summed E-state index contributed by atoms with van der Waals surface area (Å²) in [6.07, 6.45) is 0.452. The van der Waals surface area contributed by atoms with Crippen LogP contribution < -0.4 is 10.6 Å². The predicted molar refractivity (Wildman–Crippen MR) is 82.5 cm³/mol. The quantitative estimate of drug-likeness (QED) is 0.636. The molecule has 0 saturated heterocycles. The zero-order chi connectivity index (χ0) is 16.5. The number of benzene rings is 1. The van der Waals surface area contributed by atoms with Gasteiger partial charge in [-0.3, -0.25) is 14.4 Å². The van der Waals surface area contributed by atoms with Gasteiger partial charge in [0.05, 0.1) is 12.5 Å². The first kappa shape index (κ1) is 18.0. The number of hydrogen-bond acceptors (Lipinski definition) is 3. The van der Waals surface area contributed by atoms with Crippen LogP contribution in [-0.2, 0) is 14.4 Å². The molecule has 0 spiro atoms. The average molecular weight is 327 g/mol. The van der Waals surface area contributed by atoms with Crippen LogP contribution in [0.2, 0.25) is 5.02 Å².